The van der Waals surface area contributed by atoms with Gasteiger partial charge >= 0.3 is 0 Å². The minimum Gasteiger partial charge on any atom is -0.236 e. The van der Waals surface area contributed by atoms with E-state index in [-0.39, 0.29) is 0 Å². The maximum atomic E-state index is 4.93. The average molecular weight is 422 g/mol. The third kappa shape index (κ3) is 3.00. The standard InChI is InChI=1S/C25H15N3S2/c1-2-6-16(7-3-1)22-19-14-15-29-25(19)28-23(27-22)17-10-12-18(13-11-17)24-26-20-8-4-5-9-21(20)30-24/h1-15H. The number of rotatable bonds is 3. The van der Waals surface area contributed by atoms with Crippen molar-refractivity contribution in [2.75, 3.05) is 0 Å². The van der Waals surface area contributed by atoms with Gasteiger partial charge in [-0.1, -0.05) is 66.7 Å². The Hall–Kier alpha value is -3.41. The van der Waals surface area contributed by atoms with E-state index in [1.54, 1.807) is 22.7 Å². The van der Waals surface area contributed by atoms with Gasteiger partial charge < -0.3 is 0 Å². The van der Waals surface area contributed by atoms with Crippen molar-refractivity contribution < 1.29 is 0 Å². The Morgan fingerprint density at radius 2 is 1.37 bits per heavy atom. The van der Waals surface area contributed by atoms with Crippen LogP contribution in [0.25, 0.3) is 53.6 Å². The molecular formula is C25H15N3S2. The fourth-order valence-electron chi connectivity index (χ4n) is 3.56. The maximum Gasteiger partial charge on any atom is 0.161 e. The minimum atomic E-state index is 0.750. The van der Waals surface area contributed by atoms with Crippen LogP contribution in [0.4, 0.5) is 0 Å². The quantitative estimate of drug-likeness (QED) is 0.301. The van der Waals surface area contributed by atoms with E-state index in [1.165, 1.54) is 4.70 Å². The number of nitrogens with zero attached hydrogens (tertiary/aromatic N) is 3. The largest absolute Gasteiger partial charge is 0.236 e. The second kappa shape index (κ2) is 7.13. The summed E-state index contributed by atoms with van der Waals surface area (Å²) >= 11 is 3.36. The predicted octanol–water partition coefficient (Wildman–Crippen LogP) is 7.30. The second-order valence-corrected chi connectivity index (χ2v) is 8.89. The zero-order valence-corrected chi connectivity index (χ0v) is 17.5. The molecule has 0 bridgehead atoms. The molecule has 5 heteroatoms. The fourth-order valence-corrected chi connectivity index (χ4v) is 5.29. The number of benzene rings is 3. The number of thiophene rings is 1. The van der Waals surface area contributed by atoms with Crippen LogP contribution in [0, 0.1) is 0 Å². The normalized spacial score (nSPS) is 11.3. The maximum absolute atomic E-state index is 4.93. The number of aromatic nitrogens is 3. The van der Waals surface area contributed by atoms with Gasteiger partial charge in [0.2, 0.25) is 0 Å². The minimum absolute atomic E-state index is 0.750. The molecule has 142 valence electrons. The predicted molar refractivity (Wildman–Crippen MR) is 127 cm³/mol. The van der Waals surface area contributed by atoms with Gasteiger partial charge in [-0.15, -0.1) is 22.7 Å². The van der Waals surface area contributed by atoms with Crippen molar-refractivity contribution >= 4 is 43.1 Å². The van der Waals surface area contributed by atoms with Crippen LogP contribution < -0.4 is 0 Å². The Balaban J connectivity index is 1.43. The second-order valence-electron chi connectivity index (χ2n) is 6.97. The van der Waals surface area contributed by atoms with Crippen molar-refractivity contribution in [2.45, 2.75) is 0 Å². The lowest BCUT2D eigenvalue weighted by Gasteiger charge is -2.07. The number of fused-ring (bicyclic) bond motifs is 2. The highest BCUT2D eigenvalue weighted by atomic mass is 32.1. The van der Waals surface area contributed by atoms with Crippen molar-refractivity contribution in [3.8, 4) is 33.2 Å². The molecule has 0 unspecified atom stereocenters. The Morgan fingerprint density at radius 1 is 0.600 bits per heavy atom. The lowest BCUT2D eigenvalue weighted by atomic mass is 10.1. The molecule has 0 N–H and O–H groups in total. The van der Waals surface area contributed by atoms with E-state index < -0.39 is 0 Å². The number of hydrogen-bond acceptors (Lipinski definition) is 5. The molecule has 0 amide bonds. The number of hydrogen-bond donors (Lipinski definition) is 0. The molecule has 0 radical (unpaired) electrons. The van der Waals surface area contributed by atoms with E-state index in [4.69, 9.17) is 15.0 Å². The SMILES string of the molecule is c1ccc(-c2nc(-c3ccc(-c4nc5ccccc5s4)cc3)nc3sccc23)cc1. The van der Waals surface area contributed by atoms with Gasteiger partial charge in [0.05, 0.1) is 15.9 Å². The molecule has 0 aliphatic heterocycles. The molecule has 30 heavy (non-hydrogen) atoms. The molecule has 6 rings (SSSR count). The molecule has 0 saturated heterocycles. The summed E-state index contributed by atoms with van der Waals surface area (Å²) < 4.78 is 1.20. The average Bonchev–Trinajstić information content (AvgIpc) is 3.46. The smallest absolute Gasteiger partial charge is 0.161 e. The van der Waals surface area contributed by atoms with Crippen molar-refractivity contribution in [3.63, 3.8) is 0 Å². The Labute approximate surface area is 181 Å². The first-order chi connectivity index (χ1) is 14.8. The zero-order chi connectivity index (χ0) is 19.9. The lowest BCUT2D eigenvalue weighted by Crippen LogP contribution is -1.93. The molecule has 3 aromatic heterocycles. The van der Waals surface area contributed by atoms with E-state index in [9.17, 15) is 0 Å². The number of thiazole rings is 1. The molecule has 0 spiro atoms. The Kier molecular flexibility index (Phi) is 4.15. The van der Waals surface area contributed by atoms with Crippen LogP contribution in [-0.4, -0.2) is 15.0 Å². The van der Waals surface area contributed by atoms with E-state index in [2.05, 4.69) is 66.0 Å². The third-order valence-electron chi connectivity index (χ3n) is 5.06. The summed E-state index contributed by atoms with van der Waals surface area (Å²) in [5, 5.41) is 4.20. The first-order valence-electron chi connectivity index (χ1n) is 9.62. The van der Waals surface area contributed by atoms with Crippen LogP contribution >= 0.6 is 22.7 Å². The molecule has 6 aromatic rings. The fraction of sp³-hybridized carbons (Fsp3) is 0. The first kappa shape index (κ1) is 17.4. The third-order valence-corrected chi connectivity index (χ3v) is 6.95. The Morgan fingerprint density at radius 3 is 2.20 bits per heavy atom. The van der Waals surface area contributed by atoms with Gasteiger partial charge in [0.25, 0.3) is 0 Å². The summed E-state index contributed by atoms with van der Waals surface area (Å²) in [6.45, 7) is 0. The summed E-state index contributed by atoms with van der Waals surface area (Å²) in [6, 6.07) is 29.0. The summed E-state index contributed by atoms with van der Waals surface area (Å²) in [5.74, 6) is 0.750. The monoisotopic (exact) mass is 421 g/mol. The molecule has 0 fully saturated rings. The Bertz CT molecular complexity index is 1450. The molecule has 0 saturated carbocycles. The molecule has 0 aliphatic rings. The number of para-hydroxylation sites is 1. The van der Waals surface area contributed by atoms with Crippen molar-refractivity contribution in [3.05, 3.63) is 90.3 Å². The summed E-state index contributed by atoms with van der Waals surface area (Å²) in [7, 11) is 0. The lowest BCUT2D eigenvalue weighted by molar-refractivity contribution is 1.24. The van der Waals surface area contributed by atoms with Gasteiger partial charge in [-0.3, -0.25) is 0 Å². The van der Waals surface area contributed by atoms with Crippen molar-refractivity contribution in [1.29, 1.82) is 0 Å². The van der Waals surface area contributed by atoms with Gasteiger partial charge in [0.15, 0.2) is 5.82 Å². The molecule has 3 heterocycles. The summed E-state index contributed by atoms with van der Waals surface area (Å²) in [4.78, 5) is 15.5. The van der Waals surface area contributed by atoms with Crippen LogP contribution in [0.5, 0.6) is 0 Å². The van der Waals surface area contributed by atoms with E-state index in [1.807, 2.05) is 24.3 Å². The topological polar surface area (TPSA) is 38.7 Å². The van der Waals surface area contributed by atoms with Gasteiger partial charge in [-0.05, 0) is 23.6 Å². The van der Waals surface area contributed by atoms with Gasteiger partial charge in [0.1, 0.15) is 9.84 Å². The van der Waals surface area contributed by atoms with Crippen LogP contribution in [-0.2, 0) is 0 Å². The molecule has 0 aliphatic carbocycles. The molecule has 3 nitrogen and oxygen atoms in total. The first-order valence-corrected chi connectivity index (χ1v) is 11.3. The molecule has 3 aromatic carbocycles. The van der Waals surface area contributed by atoms with Gasteiger partial charge in [-0.25, -0.2) is 15.0 Å². The van der Waals surface area contributed by atoms with E-state index >= 15 is 0 Å². The zero-order valence-electron chi connectivity index (χ0n) is 15.8. The summed E-state index contributed by atoms with van der Waals surface area (Å²) in [6.07, 6.45) is 0. The summed E-state index contributed by atoms with van der Waals surface area (Å²) in [5.41, 5.74) is 5.25. The highest BCUT2D eigenvalue weighted by Crippen LogP contribution is 2.33. The van der Waals surface area contributed by atoms with Gasteiger partial charge in [-0.2, -0.15) is 0 Å². The van der Waals surface area contributed by atoms with Crippen LogP contribution in [0.15, 0.2) is 90.3 Å². The van der Waals surface area contributed by atoms with E-state index in [0.717, 1.165) is 48.9 Å². The highest BCUT2D eigenvalue weighted by Gasteiger charge is 2.13. The van der Waals surface area contributed by atoms with E-state index in [0.29, 0.717) is 0 Å². The van der Waals surface area contributed by atoms with Crippen molar-refractivity contribution in [2.24, 2.45) is 0 Å². The van der Waals surface area contributed by atoms with Crippen LogP contribution in [0.1, 0.15) is 0 Å². The highest BCUT2D eigenvalue weighted by molar-refractivity contribution is 7.21. The molecular weight excluding hydrogens is 406 g/mol. The van der Waals surface area contributed by atoms with Crippen LogP contribution in [0.3, 0.4) is 0 Å². The molecule has 0 atom stereocenters. The van der Waals surface area contributed by atoms with Crippen LogP contribution in [0.2, 0.25) is 0 Å². The van der Waals surface area contributed by atoms with Gasteiger partial charge in [0, 0.05) is 22.1 Å². The van der Waals surface area contributed by atoms with Crippen molar-refractivity contribution in [1.82, 2.24) is 15.0 Å².